The summed E-state index contributed by atoms with van der Waals surface area (Å²) in [6.07, 6.45) is 1.84. The van der Waals surface area contributed by atoms with Gasteiger partial charge >= 0.3 is 0 Å². The standard InChI is InChI=1S/C20H23NO3S/c1-15-20(17-9-4-3-5-10-17)18-11-7-6-8-16(18)12-13-21(15)19(22)14-25(2,23)24/h3-11,15,20H,12-14H2,1-2H3. The van der Waals surface area contributed by atoms with Gasteiger partial charge < -0.3 is 4.90 Å². The summed E-state index contributed by atoms with van der Waals surface area (Å²) in [6, 6.07) is 18.3. The first-order valence-electron chi connectivity index (χ1n) is 8.47. The van der Waals surface area contributed by atoms with E-state index in [0.717, 1.165) is 18.2 Å². The number of amides is 1. The van der Waals surface area contributed by atoms with Gasteiger partial charge in [0, 0.05) is 24.8 Å². The fraction of sp³-hybridized carbons (Fsp3) is 0.350. The van der Waals surface area contributed by atoms with E-state index in [2.05, 4.69) is 24.3 Å². The normalized spacial score (nSPS) is 20.6. The molecule has 0 bridgehead atoms. The summed E-state index contributed by atoms with van der Waals surface area (Å²) in [5.41, 5.74) is 3.58. The van der Waals surface area contributed by atoms with Crippen LogP contribution >= 0.6 is 0 Å². The SMILES string of the molecule is CC1C(c2ccccc2)c2ccccc2CCN1C(=O)CS(C)(=O)=O. The van der Waals surface area contributed by atoms with Crippen LogP contribution in [-0.2, 0) is 21.1 Å². The van der Waals surface area contributed by atoms with Gasteiger partial charge in [-0.3, -0.25) is 4.79 Å². The van der Waals surface area contributed by atoms with Crippen LogP contribution in [-0.4, -0.2) is 43.8 Å². The van der Waals surface area contributed by atoms with Crippen LogP contribution in [0.2, 0.25) is 0 Å². The molecule has 0 saturated heterocycles. The average molecular weight is 357 g/mol. The highest BCUT2D eigenvalue weighted by Crippen LogP contribution is 2.35. The fourth-order valence-electron chi connectivity index (χ4n) is 3.73. The van der Waals surface area contributed by atoms with E-state index in [1.54, 1.807) is 4.90 Å². The minimum Gasteiger partial charge on any atom is -0.338 e. The van der Waals surface area contributed by atoms with Gasteiger partial charge in [0.15, 0.2) is 9.84 Å². The Morgan fingerprint density at radius 1 is 1.08 bits per heavy atom. The van der Waals surface area contributed by atoms with Crippen molar-refractivity contribution in [2.75, 3.05) is 18.6 Å². The van der Waals surface area contributed by atoms with E-state index in [4.69, 9.17) is 0 Å². The molecule has 2 aromatic rings. The number of nitrogens with zero attached hydrogens (tertiary/aromatic N) is 1. The Labute approximate surface area is 149 Å². The van der Waals surface area contributed by atoms with Gasteiger partial charge in [-0.05, 0) is 30.0 Å². The largest absolute Gasteiger partial charge is 0.338 e. The van der Waals surface area contributed by atoms with Gasteiger partial charge in [0.2, 0.25) is 5.91 Å². The quantitative estimate of drug-likeness (QED) is 0.849. The zero-order chi connectivity index (χ0) is 18.0. The third kappa shape index (κ3) is 3.93. The maximum atomic E-state index is 12.7. The van der Waals surface area contributed by atoms with Crippen molar-refractivity contribution in [2.45, 2.75) is 25.3 Å². The Bertz CT molecular complexity index is 862. The Balaban J connectivity index is 2.04. The van der Waals surface area contributed by atoms with Gasteiger partial charge in [-0.15, -0.1) is 0 Å². The van der Waals surface area contributed by atoms with E-state index >= 15 is 0 Å². The first kappa shape index (κ1) is 17.7. The van der Waals surface area contributed by atoms with Crippen molar-refractivity contribution >= 4 is 15.7 Å². The van der Waals surface area contributed by atoms with E-state index in [9.17, 15) is 13.2 Å². The van der Waals surface area contributed by atoms with Crippen molar-refractivity contribution in [3.8, 4) is 0 Å². The van der Waals surface area contributed by atoms with Crippen LogP contribution in [0.25, 0.3) is 0 Å². The molecule has 0 fully saturated rings. The van der Waals surface area contributed by atoms with Gasteiger partial charge in [0.1, 0.15) is 5.75 Å². The van der Waals surface area contributed by atoms with Gasteiger partial charge in [-0.25, -0.2) is 8.42 Å². The number of hydrogen-bond acceptors (Lipinski definition) is 3. The highest BCUT2D eigenvalue weighted by Gasteiger charge is 2.34. The lowest BCUT2D eigenvalue weighted by atomic mass is 9.83. The summed E-state index contributed by atoms with van der Waals surface area (Å²) in [5, 5.41) is 0. The van der Waals surface area contributed by atoms with Crippen LogP contribution in [0, 0.1) is 0 Å². The number of carbonyl (C=O) groups is 1. The Morgan fingerprint density at radius 2 is 1.72 bits per heavy atom. The van der Waals surface area contributed by atoms with Gasteiger partial charge in [0.25, 0.3) is 0 Å². The van der Waals surface area contributed by atoms with Crippen LogP contribution in [0.1, 0.15) is 29.5 Å². The molecule has 3 rings (SSSR count). The van der Waals surface area contributed by atoms with Crippen LogP contribution < -0.4 is 0 Å². The third-order valence-electron chi connectivity index (χ3n) is 4.85. The summed E-state index contributed by atoms with van der Waals surface area (Å²) in [5.74, 6) is -0.720. The first-order chi connectivity index (χ1) is 11.9. The Kier molecular flexibility index (Phi) is 4.95. The predicted octanol–water partition coefficient (Wildman–Crippen LogP) is 2.64. The zero-order valence-electron chi connectivity index (χ0n) is 14.6. The van der Waals surface area contributed by atoms with E-state index < -0.39 is 15.6 Å². The van der Waals surface area contributed by atoms with Gasteiger partial charge in [0.05, 0.1) is 0 Å². The van der Waals surface area contributed by atoms with E-state index in [-0.39, 0.29) is 17.9 Å². The van der Waals surface area contributed by atoms with Crippen molar-refractivity contribution in [2.24, 2.45) is 0 Å². The second-order valence-corrected chi connectivity index (χ2v) is 8.88. The Hall–Kier alpha value is -2.14. The first-order valence-corrected chi connectivity index (χ1v) is 10.5. The van der Waals surface area contributed by atoms with Crippen molar-refractivity contribution in [3.05, 3.63) is 71.3 Å². The molecule has 1 heterocycles. The van der Waals surface area contributed by atoms with E-state index in [1.807, 2.05) is 37.3 Å². The molecule has 5 heteroatoms. The molecule has 0 N–H and O–H groups in total. The van der Waals surface area contributed by atoms with Crippen LogP contribution in [0.15, 0.2) is 54.6 Å². The van der Waals surface area contributed by atoms with Crippen molar-refractivity contribution in [1.82, 2.24) is 4.90 Å². The molecular formula is C20H23NO3S. The molecule has 0 aromatic heterocycles. The maximum Gasteiger partial charge on any atom is 0.238 e. The number of benzene rings is 2. The predicted molar refractivity (Wildman–Crippen MR) is 99.3 cm³/mol. The lowest BCUT2D eigenvalue weighted by Crippen LogP contribution is -2.44. The molecule has 0 radical (unpaired) electrons. The topological polar surface area (TPSA) is 54.5 Å². The molecule has 0 spiro atoms. The lowest BCUT2D eigenvalue weighted by molar-refractivity contribution is -0.130. The fourth-order valence-corrected chi connectivity index (χ4v) is 4.34. The molecule has 132 valence electrons. The smallest absolute Gasteiger partial charge is 0.238 e. The van der Waals surface area contributed by atoms with Crippen LogP contribution in [0.4, 0.5) is 0 Å². The molecule has 0 aliphatic carbocycles. The number of rotatable bonds is 3. The number of carbonyl (C=O) groups excluding carboxylic acids is 1. The molecule has 1 aliphatic rings. The van der Waals surface area contributed by atoms with E-state index in [1.165, 1.54) is 11.1 Å². The monoisotopic (exact) mass is 357 g/mol. The summed E-state index contributed by atoms with van der Waals surface area (Å²) >= 11 is 0. The average Bonchev–Trinajstić information content (AvgIpc) is 2.70. The molecule has 4 nitrogen and oxygen atoms in total. The minimum absolute atomic E-state index is 0.0309. The lowest BCUT2D eigenvalue weighted by Gasteiger charge is -2.33. The second-order valence-electron chi connectivity index (χ2n) is 6.73. The minimum atomic E-state index is -3.35. The highest BCUT2D eigenvalue weighted by atomic mass is 32.2. The molecule has 2 unspecified atom stereocenters. The highest BCUT2D eigenvalue weighted by molar-refractivity contribution is 7.91. The van der Waals surface area contributed by atoms with Gasteiger partial charge in [-0.1, -0.05) is 54.6 Å². The zero-order valence-corrected chi connectivity index (χ0v) is 15.4. The maximum absolute atomic E-state index is 12.7. The summed E-state index contributed by atoms with van der Waals surface area (Å²) in [6.45, 7) is 2.55. The number of sulfone groups is 1. The Morgan fingerprint density at radius 3 is 2.40 bits per heavy atom. The van der Waals surface area contributed by atoms with Crippen LogP contribution in [0.3, 0.4) is 0 Å². The second kappa shape index (κ2) is 7.00. The molecule has 2 atom stereocenters. The van der Waals surface area contributed by atoms with Crippen molar-refractivity contribution in [1.29, 1.82) is 0 Å². The van der Waals surface area contributed by atoms with Crippen molar-refractivity contribution in [3.63, 3.8) is 0 Å². The molecule has 25 heavy (non-hydrogen) atoms. The number of fused-ring (bicyclic) bond motifs is 1. The van der Waals surface area contributed by atoms with Crippen molar-refractivity contribution < 1.29 is 13.2 Å². The van der Waals surface area contributed by atoms with Gasteiger partial charge in [-0.2, -0.15) is 0 Å². The van der Waals surface area contributed by atoms with Crippen LogP contribution in [0.5, 0.6) is 0 Å². The molecule has 1 amide bonds. The number of hydrogen-bond donors (Lipinski definition) is 0. The summed E-state index contributed by atoms with van der Waals surface area (Å²) in [7, 11) is -3.35. The molecular weight excluding hydrogens is 334 g/mol. The third-order valence-corrected chi connectivity index (χ3v) is 5.62. The summed E-state index contributed by atoms with van der Waals surface area (Å²) in [4.78, 5) is 14.4. The summed E-state index contributed by atoms with van der Waals surface area (Å²) < 4.78 is 23.2. The molecule has 2 aromatic carbocycles. The van der Waals surface area contributed by atoms with E-state index in [0.29, 0.717) is 6.54 Å². The molecule has 0 saturated carbocycles. The molecule has 1 aliphatic heterocycles.